The van der Waals surface area contributed by atoms with Gasteiger partial charge in [-0.05, 0) is 48.7 Å². The van der Waals surface area contributed by atoms with Crippen molar-refractivity contribution in [2.24, 2.45) is 0 Å². The molecule has 31 heavy (non-hydrogen) atoms. The summed E-state index contributed by atoms with van der Waals surface area (Å²) in [5, 5.41) is 10.6. The molecule has 4 rings (SSSR count). The summed E-state index contributed by atoms with van der Waals surface area (Å²) < 4.78 is 6.24. The molecule has 0 bridgehead atoms. The predicted octanol–water partition coefficient (Wildman–Crippen LogP) is 5.95. The second kappa shape index (κ2) is 9.99. The average Bonchev–Trinajstić information content (AvgIpc) is 2.80. The number of nitrogens with zero attached hydrogens (tertiary/aromatic N) is 1. The molecule has 5 heteroatoms. The van der Waals surface area contributed by atoms with Gasteiger partial charge in [-0.15, -0.1) is 0 Å². The largest absolute Gasteiger partial charge is 0.489 e. The Bertz CT molecular complexity index is 1020. The van der Waals surface area contributed by atoms with Crippen molar-refractivity contribution in [3.63, 3.8) is 0 Å². The Hall–Kier alpha value is -2.82. The lowest BCUT2D eigenvalue weighted by atomic mass is 9.91. The maximum absolute atomic E-state index is 12.1. The molecule has 0 saturated carbocycles. The van der Waals surface area contributed by atoms with Gasteiger partial charge in [0.05, 0.1) is 6.04 Å². The fraction of sp³-hybridized carbons (Fsp3) is 0.269. The first kappa shape index (κ1) is 21.4. The zero-order valence-corrected chi connectivity index (χ0v) is 18.0. The smallest absolute Gasteiger partial charge is 0.320 e. The zero-order chi connectivity index (χ0) is 21.6. The topological polar surface area (TPSA) is 49.8 Å². The van der Waals surface area contributed by atoms with Gasteiger partial charge in [-0.25, -0.2) is 0 Å². The number of carboxylic acid groups (broad SMARTS) is 1. The van der Waals surface area contributed by atoms with Crippen LogP contribution in [0.3, 0.4) is 0 Å². The van der Waals surface area contributed by atoms with Crippen LogP contribution in [0.4, 0.5) is 0 Å². The molecule has 160 valence electrons. The maximum Gasteiger partial charge on any atom is 0.320 e. The Balaban J connectivity index is 1.74. The van der Waals surface area contributed by atoms with Crippen LogP contribution in [-0.2, 0) is 11.4 Å². The van der Waals surface area contributed by atoms with E-state index in [2.05, 4.69) is 4.90 Å². The number of para-hydroxylation sites is 1. The summed E-state index contributed by atoms with van der Waals surface area (Å²) in [6, 6.07) is 24.8. The Labute approximate surface area is 188 Å². The van der Waals surface area contributed by atoms with E-state index >= 15 is 0 Å². The van der Waals surface area contributed by atoms with Crippen molar-refractivity contribution in [3.05, 3.63) is 101 Å². The summed E-state index contributed by atoms with van der Waals surface area (Å²) >= 11 is 6.33. The molecular weight excluding hydrogens is 410 g/mol. The van der Waals surface area contributed by atoms with Crippen molar-refractivity contribution in [2.75, 3.05) is 6.54 Å². The number of ether oxygens (including phenoxy) is 1. The van der Waals surface area contributed by atoms with Gasteiger partial charge in [-0.1, -0.05) is 78.7 Å². The summed E-state index contributed by atoms with van der Waals surface area (Å²) in [4.78, 5) is 14.2. The zero-order valence-electron chi connectivity index (χ0n) is 17.3. The fourth-order valence-electron chi connectivity index (χ4n) is 4.33. The van der Waals surface area contributed by atoms with Crippen molar-refractivity contribution in [1.82, 2.24) is 4.90 Å². The summed E-state index contributed by atoms with van der Waals surface area (Å²) in [7, 11) is 0. The van der Waals surface area contributed by atoms with Crippen LogP contribution in [-0.4, -0.2) is 28.6 Å². The van der Waals surface area contributed by atoms with Gasteiger partial charge in [0.1, 0.15) is 18.4 Å². The van der Waals surface area contributed by atoms with Crippen LogP contribution in [0, 0.1) is 0 Å². The number of rotatable bonds is 7. The van der Waals surface area contributed by atoms with Crippen LogP contribution in [0.5, 0.6) is 5.75 Å². The number of likely N-dealkylation sites (tertiary alicyclic amines) is 1. The Morgan fingerprint density at radius 3 is 2.58 bits per heavy atom. The second-order valence-electron chi connectivity index (χ2n) is 7.86. The minimum Gasteiger partial charge on any atom is -0.489 e. The predicted molar refractivity (Wildman–Crippen MR) is 122 cm³/mol. The number of aliphatic carboxylic acids is 1. The standard InChI is InChI=1S/C26H26ClNO3/c27-21-12-8-11-20(17-21)25(28-16-7-6-14-23(28)26(29)30)22-13-4-5-15-24(22)31-18-19-9-2-1-3-10-19/h1-5,8-13,15,17,23,25H,6-7,14,16,18H2,(H,29,30). The van der Waals surface area contributed by atoms with E-state index in [1.807, 2.05) is 78.9 Å². The molecule has 2 unspecified atom stereocenters. The number of hydrogen-bond acceptors (Lipinski definition) is 3. The van der Waals surface area contributed by atoms with Crippen LogP contribution in [0.2, 0.25) is 5.02 Å². The van der Waals surface area contributed by atoms with Crippen molar-refractivity contribution in [2.45, 2.75) is 38.0 Å². The van der Waals surface area contributed by atoms with Crippen molar-refractivity contribution < 1.29 is 14.6 Å². The van der Waals surface area contributed by atoms with Crippen LogP contribution < -0.4 is 4.74 Å². The summed E-state index contributed by atoms with van der Waals surface area (Å²) in [5.41, 5.74) is 3.00. The average molecular weight is 436 g/mol. The highest BCUT2D eigenvalue weighted by Crippen LogP contribution is 2.39. The monoisotopic (exact) mass is 435 g/mol. The first-order chi connectivity index (χ1) is 15.1. The lowest BCUT2D eigenvalue weighted by Crippen LogP contribution is -2.46. The van der Waals surface area contributed by atoms with Crippen LogP contribution in [0.15, 0.2) is 78.9 Å². The first-order valence-corrected chi connectivity index (χ1v) is 11.0. The van der Waals surface area contributed by atoms with E-state index in [9.17, 15) is 9.90 Å². The Morgan fingerprint density at radius 1 is 1.03 bits per heavy atom. The van der Waals surface area contributed by atoms with E-state index < -0.39 is 12.0 Å². The molecule has 1 saturated heterocycles. The highest BCUT2D eigenvalue weighted by molar-refractivity contribution is 6.30. The minimum atomic E-state index is -0.783. The molecule has 0 aliphatic carbocycles. The third-order valence-electron chi connectivity index (χ3n) is 5.78. The van der Waals surface area contributed by atoms with Gasteiger partial charge in [0.25, 0.3) is 0 Å². The van der Waals surface area contributed by atoms with E-state index in [0.29, 0.717) is 24.6 Å². The number of carboxylic acids is 1. The molecule has 0 radical (unpaired) electrons. The molecule has 0 spiro atoms. The number of halogens is 1. The summed E-state index contributed by atoms with van der Waals surface area (Å²) in [6.07, 6.45) is 2.52. The van der Waals surface area contributed by atoms with E-state index in [4.69, 9.17) is 16.3 Å². The first-order valence-electron chi connectivity index (χ1n) is 10.6. The number of benzene rings is 3. The van der Waals surface area contributed by atoms with E-state index in [-0.39, 0.29) is 6.04 Å². The van der Waals surface area contributed by atoms with Gasteiger partial charge in [-0.3, -0.25) is 9.69 Å². The van der Waals surface area contributed by atoms with Crippen LogP contribution in [0.1, 0.15) is 42.0 Å². The number of hydrogen-bond donors (Lipinski definition) is 1. The highest BCUT2D eigenvalue weighted by Gasteiger charge is 2.36. The molecular formula is C26H26ClNO3. The molecule has 1 aliphatic heterocycles. The number of piperidine rings is 1. The maximum atomic E-state index is 12.1. The molecule has 1 fully saturated rings. The normalized spacial score (nSPS) is 17.8. The lowest BCUT2D eigenvalue weighted by Gasteiger charge is -2.40. The Kier molecular flexibility index (Phi) is 6.90. The fourth-order valence-corrected chi connectivity index (χ4v) is 4.53. The van der Waals surface area contributed by atoms with Crippen LogP contribution in [0.25, 0.3) is 0 Å². The van der Waals surface area contributed by atoms with Gasteiger partial charge >= 0.3 is 5.97 Å². The second-order valence-corrected chi connectivity index (χ2v) is 8.29. The van der Waals surface area contributed by atoms with E-state index in [1.165, 1.54) is 0 Å². The molecule has 3 aromatic rings. The van der Waals surface area contributed by atoms with Gasteiger partial charge in [0.2, 0.25) is 0 Å². The molecule has 4 nitrogen and oxygen atoms in total. The van der Waals surface area contributed by atoms with E-state index in [1.54, 1.807) is 0 Å². The minimum absolute atomic E-state index is 0.257. The van der Waals surface area contributed by atoms with Crippen LogP contribution >= 0.6 is 11.6 Å². The molecule has 2 atom stereocenters. The van der Waals surface area contributed by atoms with Crippen molar-refractivity contribution in [3.8, 4) is 5.75 Å². The molecule has 1 heterocycles. The van der Waals surface area contributed by atoms with Gasteiger partial charge in [0.15, 0.2) is 0 Å². The van der Waals surface area contributed by atoms with Crippen molar-refractivity contribution in [1.29, 1.82) is 0 Å². The van der Waals surface area contributed by atoms with Gasteiger partial charge in [-0.2, -0.15) is 0 Å². The number of carbonyl (C=O) groups is 1. The van der Waals surface area contributed by atoms with Crippen molar-refractivity contribution >= 4 is 17.6 Å². The quantitative estimate of drug-likeness (QED) is 0.498. The molecule has 0 aromatic heterocycles. The lowest BCUT2D eigenvalue weighted by molar-refractivity contribution is -0.145. The summed E-state index contributed by atoms with van der Waals surface area (Å²) in [6.45, 7) is 1.16. The molecule has 3 aromatic carbocycles. The molecule has 1 aliphatic rings. The Morgan fingerprint density at radius 2 is 1.81 bits per heavy atom. The molecule has 0 amide bonds. The highest BCUT2D eigenvalue weighted by atomic mass is 35.5. The molecule has 1 N–H and O–H groups in total. The summed E-state index contributed by atoms with van der Waals surface area (Å²) in [5.74, 6) is -0.0274. The third-order valence-corrected chi connectivity index (χ3v) is 6.01. The van der Waals surface area contributed by atoms with Gasteiger partial charge in [0, 0.05) is 10.6 Å². The third kappa shape index (κ3) is 5.09. The SMILES string of the molecule is O=C(O)C1CCCCN1C(c1cccc(Cl)c1)c1ccccc1OCc1ccccc1. The van der Waals surface area contributed by atoms with E-state index in [0.717, 1.165) is 35.3 Å². The van der Waals surface area contributed by atoms with Gasteiger partial charge < -0.3 is 9.84 Å².